The van der Waals surface area contributed by atoms with E-state index in [4.69, 9.17) is 4.52 Å². The minimum atomic E-state index is -4.62. The van der Waals surface area contributed by atoms with Crippen LogP contribution < -0.4 is 5.32 Å². The maximum absolute atomic E-state index is 14.9. The number of halogens is 4. The molecule has 0 bridgehead atoms. The van der Waals surface area contributed by atoms with Gasteiger partial charge >= 0.3 is 12.1 Å². The number of fused-ring (bicyclic) bond motifs is 1. The third-order valence-electron chi connectivity index (χ3n) is 8.17. The molecule has 0 atom stereocenters. The molecule has 1 spiro atoms. The number of aromatic nitrogens is 3. The highest BCUT2D eigenvalue weighted by molar-refractivity contribution is 7.19. The van der Waals surface area contributed by atoms with Gasteiger partial charge < -0.3 is 14.9 Å². The van der Waals surface area contributed by atoms with Gasteiger partial charge in [-0.1, -0.05) is 5.16 Å². The molecule has 2 N–H and O–H groups in total. The van der Waals surface area contributed by atoms with Crippen molar-refractivity contribution in [3.63, 3.8) is 0 Å². The van der Waals surface area contributed by atoms with Crippen LogP contribution in [0.1, 0.15) is 70.3 Å². The van der Waals surface area contributed by atoms with Crippen LogP contribution in [0.2, 0.25) is 0 Å². The van der Waals surface area contributed by atoms with Crippen LogP contribution in [0.5, 0.6) is 0 Å². The largest absolute Gasteiger partial charge is 0.478 e. The van der Waals surface area contributed by atoms with E-state index >= 15 is 0 Å². The van der Waals surface area contributed by atoms with Crippen molar-refractivity contribution in [2.45, 2.75) is 44.2 Å². The van der Waals surface area contributed by atoms with Crippen LogP contribution >= 0.6 is 11.3 Å². The molecule has 4 heterocycles. The number of rotatable bonds is 5. The van der Waals surface area contributed by atoms with Gasteiger partial charge in [0, 0.05) is 34.9 Å². The highest BCUT2D eigenvalue weighted by Gasteiger charge is 2.50. The first-order chi connectivity index (χ1) is 19.2. The molecular weight excluding hydrogens is 548 g/mol. The van der Waals surface area contributed by atoms with Crippen LogP contribution in [0.15, 0.2) is 35.1 Å². The SMILES string of the molecule is O=C(O)c1cc(F)c2nc(C3=C(c4c(-c5cnccc5C(F)(F)F)noc4C4CC4)CC34CCNCC4)sc2c1. The summed E-state index contributed by atoms with van der Waals surface area (Å²) >= 11 is 1.20. The number of carboxylic acid groups (broad SMARTS) is 1. The van der Waals surface area contributed by atoms with E-state index < -0.39 is 23.5 Å². The van der Waals surface area contributed by atoms with Crippen molar-refractivity contribution < 1.29 is 32.0 Å². The van der Waals surface area contributed by atoms with Gasteiger partial charge in [-0.15, -0.1) is 11.3 Å². The summed E-state index contributed by atoms with van der Waals surface area (Å²) in [6.07, 6.45) is 1.51. The zero-order chi connectivity index (χ0) is 27.8. The number of aromatic carboxylic acids is 1. The summed E-state index contributed by atoms with van der Waals surface area (Å²) in [4.78, 5) is 20.1. The maximum Gasteiger partial charge on any atom is 0.417 e. The van der Waals surface area contributed by atoms with Gasteiger partial charge in [0.15, 0.2) is 5.82 Å². The summed E-state index contributed by atoms with van der Waals surface area (Å²) in [6.45, 7) is 1.51. The molecule has 1 aliphatic heterocycles. The number of pyridine rings is 1. The quantitative estimate of drug-likeness (QED) is 0.256. The fourth-order valence-corrected chi connectivity index (χ4v) is 7.29. The lowest BCUT2D eigenvalue weighted by atomic mass is 9.57. The lowest BCUT2D eigenvalue weighted by Gasteiger charge is -2.48. The molecule has 1 saturated heterocycles. The summed E-state index contributed by atoms with van der Waals surface area (Å²) in [5.41, 5.74) is 0.912. The number of nitrogens with zero attached hydrogens (tertiary/aromatic N) is 3. The smallest absolute Gasteiger partial charge is 0.417 e. The van der Waals surface area contributed by atoms with E-state index in [1.807, 2.05) is 0 Å². The van der Waals surface area contributed by atoms with Gasteiger partial charge in [-0.05, 0) is 74.5 Å². The molecule has 3 aromatic heterocycles. The molecule has 1 saturated carbocycles. The molecule has 40 heavy (non-hydrogen) atoms. The average Bonchev–Trinajstić information content (AvgIpc) is 3.53. The second-order valence-electron chi connectivity index (χ2n) is 10.7. The summed E-state index contributed by atoms with van der Waals surface area (Å²) in [6, 6.07) is 3.29. The van der Waals surface area contributed by atoms with Crippen molar-refractivity contribution >= 4 is 38.7 Å². The summed E-state index contributed by atoms with van der Waals surface area (Å²) in [5, 5.41) is 17.5. The Morgan fingerprint density at radius 3 is 2.67 bits per heavy atom. The zero-order valence-corrected chi connectivity index (χ0v) is 21.8. The van der Waals surface area contributed by atoms with E-state index in [2.05, 4.69) is 20.4 Å². The molecule has 4 aromatic rings. The van der Waals surface area contributed by atoms with Gasteiger partial charge in [-0.25, -0.2) is 14.2 Å². The third kappa shape index (κ3) is 3.95. The number of carboxylic acids is 1. The van der Waals surface area contributed by atoms with Crippen molar-refractivity contribution in [1.29, 1.82) is 0 Å². The molecule has 2 aliphatic carbocycles. The summed E-state index contributed by atoms with van der Waals surface area (Å²) in [5.74, 6) is -1.35. The monoisotopic (exact) mass is 570 g/mol. The van der Waals surface area contributed by atoms with Crippen molar-refractivity contribution in [2.24, 2.45) is 5.41 Å². The van der Waals surface area contributed by atoms with Gasteiger partial charge in [0.25, 0.3) is 0 Å². The Hall–Kier alpha value is -3.64. The highest BCUT2D eigenvalue weighted by Crippen LogP contribution is 2.63. The van der Waals surface area contributed by atoms with Gasteiger partial charge in [-0.3, -0.25) is 4.98 Å². The van der Waals surface area contributed by atoms with Gasteiger partial charge in [0.05, 0.1) is 15.8 Å². The van der Waals surface area contributed by atoms with Gasteiger partial charge in [0.2, 0.25) is 0 Å². The second kappa shape index (κ2) is 8.93. The zero-order valence-electron chi connectivity index (χ0n) is 20.9. The fourth-order valence-electron chi connectivity index (χ4n) is 6.08. The number of benzene rings is 1. The second-order valence-corrected chi connectivity index (χ2v) is 11.7. The van der Waals surface area contributed by atoms with E-state index in [-0.39, 0.29) is 33.7 Å². The Morgan fingerprint density at radius 1 is 1.20 bits per heavy atom. The molecule has 206 valence electrons. The number of allylic oxidation sites excluding steroid dienone is 2. The molecule has 2 fully saturated rings. The van der Waals surface area contributed by atoms with E-state index in [1.54, 1.807) is 0 Å². The van der Waals surface area contributed by atoms with Crippen LogP contribution in [-0.4, -0.2) is 39.3 Å². The molecule has 7 nitrogen and oxygen atoms in total. The van der Waals surface area contributed by atoms with E-state index in [0.717, 1.165) is 68.2 Å². The Balaban J connectivity index is 1.47. The topological polar surface area (TPSA) is 101 Å². The van der Waals surface area contributed by atoms with Gasteiger partial charge in [0.1, 0.15) is 22.0 Å². The van der Waals surface area contributed by atoms with Crippen LogP contribution in [0, 0.1) is 11.2 Å². The van der Waals surface area contributed by atoms with E-state index in [1.165, 1.54) is 23.6 Å². The van der Waals surface area contributed by atoms with Crippen molar-refractivity contribution in [3.8, 4) is 11.3 Å². The van der Waals surface area contributed by atoms with E-state index in [9.17, 15) is 27.5 Å². The summed E-state index contributed by atoms with van der Waals surface area (Å²) < 4.78 is 63.2. The molecule has 7 rings (SSSR count). The number of nitrogens with one attached hydrogen (secondary N) is 1. The standard InChI is InChI=1S/C28H22F4N4O3S/c29-18-9-14(26(37)38)10-19-23(18)35-25(40-19)21-15(11-27(21)4-7-33-8-5-27)20-22(36-39-24(20)13-1-2-13)16-12-34-6-3-17(16)28(30,31)32/h3,6,9-10,12-13,33H,1-2,4-5,7-8,11H2,(H,37,38). The number of hydrogen-bond acceptors (Lipinski definition) is 7. The Morgan fingerprint density at radius 2 is 1.98 bits per heavy atom. The molecule has 3 aliphatic rings. The highest BCUT2D eigenvalue weighted by atomic mass is 32.1. The van der Waals surface area contributed by atoms with Crippen molar-refractivity contribution in [3.05, 3.63) is 63.9 Å². The molecule has 0 amide bonds. The number of piperidine rings is 1. The Labute approximate surface area is 228 Å². The van der Waals surface area contributed by atoms with Crippen LogP contribution in [0.3, 0.4) is 0 Å². The first-order valence-corrected chi connectivity index (χ1v) is 13.8. The first kappa shape index (κ1) is 25.3. The number of carbonyl (C=O) groups is 1. The molecule has 12 heteroatoms. The lowest BCUT2D eigenvalue weighted by Crippen LogP contribution is -2.42. The maximum atomic E-state index is 14.9. The average molecular weight is 571 g/mol. The van der Waals surface area contributed by atoms with Crippen LogP contribution in [0.25, 0.3) is 32.6 Å². The van der Waals surface area contributed by atoms with E-state index in [0.29, 0.717) is 27.5 Å². The number of alkyl halides is 3. The lowest BCUT2D eigenvalue weighted by molar-refractivity contribution is -0.137. The van der Waals surface area contributed by atoms with Crippen molar-refractivity contribution in [1.82, 2.24) is 20.4 Å². The van der Waals surface area contributed by atoms with Gasteiger partial charge in [-0.2, -0.15) is 13.2 Å². The normalized spacial score (nSPS) is 18.9. The number of hydrogen-bond donors (Lipinski definition) is 2. The van der Waals surface area contributed by atoms with Crippen molar-refractivity contribution in [2.75, 3.05) is 13.1 Å². The first-order valence-electron chi connectivity index (χ1n) is 13.0. The molecule has 1 aromatic carbocycles. The molecule has 0 unspecified atom stereocenters. The molecule has 0 radical (unpaired) electrons. The summed E-state index contributed by atoms with van der Waals surface area (Å²) in [7, 11) is 0. The minimum Gasteiger partial charge on any atom is -0.478 e. The van der Waals surface area contributed by atoms with Crippen LogP contribution in [0.4, 0.5) is 17.6 Å². The Kier molecular flexibility index (Phi) is 5.66. The van der Waals surface area contributed by atoms with Crippen LogP contribution in [-0.2, 0) is 6.18 Å². The predicted molar refractivity (Wildman–Crippen MR) is 139 cm³/mol. The third-order valence-corrected chi connectivity index (χ3v) is 9.19. The minimum absolute atomic E-state index is 0.0616. The number of thiazole rings is 1. The molecular formula is C28H22F4N4O3S. The predicted octanol–water partition coefficient (Wildman–Crippen LogP) is 6.76. The Bertz CT molecular complexity index is 1710. The fraction of sp³-hybridized carbons (Fsp3) is 0.357.